The molecule has 0 saturated carbocycles. The number of nitrogens with zero attached hydrogens (tertiary/aromatic N) is 2. The number of hydrogen-bond acceptors (Lipinski definition) is 6. The van der Waals surface area contributed by atoms with Gasteiger partial charge in [0.15, 0.2) is 0 Å². The molecular weight excluding hydrogens is 533 g/mol. The van der Waals surface area contributed by atoms with Gasteiger partial charge in [0.05, 0.1) is 0 Å². The molecule has 3 aromatic rings. The minimum Gasteiger partial charge on any atom is -0.379 e. The summed E-state index contributed by atoms with van der Waals surface area (Å²) in [4.78, 5) is 28.2. The van der Waals surface area contributed by atoms with Gasteiger partial charge in [-0.1, -0.05) is 26.0 Å². The van der Waals surface area contributed by atoms with Crippen LogP contribution in [0.2, 0.25) is 0 Å². The molecule has 0 spiro atoms. The summed E-state index contributed by atoms with van der Waals surface area (Å²) in [6, 6.07) is 16.4. The van der Waals surface area contributed by atoms with Crippen LogP contribution >= 0.6 is 0 Å². The summed E-state index contributed by atoms with van der Waals surface area (Å²) in [6.45, 7) is 11.1. The number of rotatable bonds is 12. The molecule has 0 atom stereocenters. The Kier molecular flexibility index (Phi) is 10.3. The van der Waals surface area contributed by atoms with Crippen LogP contribution in [0.3, 0.4) is 0 Å². The summed E-state index contributed by atoms with van der Waals surface area (Å²) >= 11 is 0. The standard InChI is InChI=1S/C30H36FN3O5S/c1-6-33(7-2)27-14-11-24(20-34(19-21(3)4)30(36)23-9-8-10-25(31)17-23)29(18-27)39-40(37,38)28-15-12-26(13-16-28)32-22(5)35/h8-18,21H,6-7,19-20H2,1-5H3,(H,32,35). The van der Waals surface area contributed by atoms with Gasteiger partial charge in [-0.05, 0) is 68.3 Å². The van der Waals surface area contributed by atoms with Crippen molar-refractivity contribution in [3.05, 3.63) is 83.7 Å². The lowest BCUT2D eigenvalue weighted by Crippen LogP contribution is -2.34. The Morgan fingerprint density at radius 1 is 0.975 bits per heavy atom. The van der Waals surface area contributed by atoms with E-state index in [4.69, 9.17) is 4.18 Å². The van der Waals surface area contributed by atoms with Gasteiger partial charge in [0.1, 0.15) is 16.5 Å². The van der Waals surface area contributed by atoms with Crippen LogP contribution in [-0.2, 0) is 21.5 Å². The van der Waals surface area contributed by atoms with Gasteiger partial charge in [-0.25, -0.2) is 4.39 Å². The Morgan fingerprint density at radius 2 is 1.65 bits per heavy atom. The number of benzene rings is 3. The number of carbonyl (C=O) groups excluding carboxylic acids is 2. The first-order valence-electron chi connectivity index (χ1n) is 13.2. The largest absolute Gasteiger partial charge is 0.379 e. The van der Waals surface area contributed by atoms with Gasteiger partial charge in [0.25, 0.3) is 5.91 Å². The molecule has 0 radical (unpaired) electrons. The van der Waals surface area contributed by atoms with Crippen LogP contribution in [0.4, 0.5) is 15.8 Å². The topological polar surface area (TPSA) is 96.0 Å². The maximum atomic E-state index is 13.9. The monoisotopic (exact) mass is 569 g/mol. The van der Waals surface area contributed by atoms with E-state index in [9.17, 15) is 22.4 Å². The van der Waals surface area contributed by atoms with Crippen molar-refractivity contribution in [2.24, 2.45) is 5.92 Å². The summed E-state index contributed by atoms with van der Waals surface area (Å²) in [6.07, 6.45) is 0. The maximum Gasteiger partial charge on any atom is 0.339 e. The lowest BCUT2D eigenvalue weighted by molar-refractivity contribution is -0.114. The molecule has 0 aromatic heterocycles. The predicted octanol–water partition coefficient (Wildman–Crippen LogP) is 5.70. The van der Waals surface area contributed by atoms with Gasteiger partial charge in [-0.2, -0.15) is 8.42 Å². The van der Waals surface area contributed by atoms with Crippen molar-refractivity contribution in [3.63, 3.8) is 0 Å². The minimum absolute atomic E-state index is 0.0539. The van der Waals surface area contributed by atoms with Gasteiger partial charge in [0.2, 0.25) is 5.91 Å². The second-order valence-corrected chi connectivity index (χ2v) is 11.3. The van der Waals surface area contributed by atoms with Gasteiger partial charge < -0.3 is 19.3 Å². The Morgan fingerprint density at radius 3 is 2.23 bits per heavy atom. The molecule has 3 rings (SSSR count). The van der Waals surface area contributed by atoms with Crippen molar-refractivity contribution >= 4 is 33.3 Å². The van der Waals surface area contributed by atoms with Crippen LogP contribution in [0.15, 0.2) is 71.6 Å². The number of halogens is 1. The highest BCUT2D eigenvalue weighted by molar-refractivity contribution is 7.87. The van der Waals surface area contributed by atoms with E-state index in [1.807, 2.05) is 33.8 Å². The fraction of sp³-hybridized carbons (Fsp3) is 0.333. The highest BCUT2D eigenvalue weighted by Gasteiger charge is 2.24. The van der Waals surface area contributed by atoms with Gasteiger partial charge in [-0.15, -0.1) is 0 Å². The van der Waals surface area contributed by atoms with E-state index in [0.717, 1.165) is 5.69 Å². The van der Waals surface area contributed by atoms with Crippen molar-refractivity contribution in [1.29, 1.82) is 0 Å². The molecule has 3 aromatic carbocycles. The fourth-order valence-electron chi connectivity index (χ4n) is 4.28. The van der Waals surface area contributed by atoms with E-state index in [1.54, 1.807) is 23.1 Å². The number of anilines is 2. The van der Waals surface area contributed by atoms with Crippen LogP contribution < -0.4 is 14.4 Å². The van der Waals surface area contributed by atoms with E-state index in [2.05, 4.69) is 10.2 Å². The van der Waals surface area contributed by atoms with Crippen LogP contribution in [0.25, 0.3) is 0 Å². The highest BCUT2D eigenvalue weighted by Crippen LogP contribution is 2.31. The summed E-state index contributed by atoms with van der Waals surface area (Å²) < 4.78 is 46.2. The van der Waals surface area contributed by atoms with Crippen molar-refractivity contribution in [2.75, 3.05) is 29.9 Å². The van der Waals surface area contributed by atoms with Crippen molar-refractivity contribution in [3.8, 4) is 5.75 Å². The van der Waals surface area contributed by atoms with Crippen molar-refractivity contribution in [1.82, 2.24) is 4.90 Å². The molecule has 0 heterocycles. The van der Waals surface area contributed by atoms with Crippen molar-refractivity contribution in [2.45, 2.75) is 46.1 Å². The second kappa shape index (κ2) is 13.4. The Labute approximate surface area is 235 Å². The molecule has 0 unspecified atom stereocenters. The molecule has 8 nitrogen and oxygen atoms in total. The quantitative estimate of drug-likeness (QED) is 0.281. The van der Waals surface area contributed by atoms with Gasteiger partial charge in [0, 0.05) is 61.7 Å². The smallest absolute Gasteiger partial charge is 0.339 e. The summed E-state index contributed by atoms with van der Waals surface area (Å²) in [5, 5.41) is 2.60. The maximum absolute atomic E-state index is 13.9. The lowest BCUT2D eigenvalue weighted by atomic mass is 10.1. The number of amides is 2. The first-order valence-corrected chi connectivity index (χ1v) is 14.6. The summed E-state index contributed by atoms with van der Waals surface area (Å²) in [7, 11) is -4.26. The molecule has 1 N–H and O–H groups in total. The Balaban J connectivity index is 2.01. The second-order valence-electron chi connectivity index (χ2n) is 9.80. The molecule has 0 aliphatic carbocycles. The molecular formula is C30H36FN3O5S. The predicted molar refractivity (Wildman–Crippen MR) is 155 cm³/mol. The van der Waals surface area contributed by atoms with Gasteiger partial charge >= 0.3 is 10.1 Å². The van der Waals surface area contributed by atoms with E-state index in [0.29, 0.717) is 30.9 Å². The van der Waals surface area contributed by atoms with E-state index < -0.39 is 15.9 Å². The van der Waals surface area contributed by atoms with E-state index in [-0.39, 0.29) is 40.5 Å². The summed E-state index contributed by atoms with van der Waals surface area (Å²) in [5.74, 6) is -0.968. The zero-order valence-corrected chi connectivity index (χ0v) is 24.3. The van der Waals surface area contributed by atoms with Crippen LogP contribution in [0.1, 0.15) is 50.5 Å². The average molecular weight is 570 g/mol. The van der Waals surface area contributed by atoms with E-state index >= 15 is 0 Å². The van der Waals surface area contributed by atoms with Crippen LogP contribution in [-0.4, -0.2) is 44.8 Å². The van der Waals surface area contributed by atoms with Crippen LogP contribution in [0, 0.1) is 11.7 Å². The first kappa shape index (κ1) is 30.6. The number of carbonyl (C=O) groups is 2. The molecule has 0 fully saturated rings. The van der Waals surface area contributed by atoms with Crippen molar-refractivity contribution < 1.29 is 26.6 Å². The highest BCUT2D eigenvalue weighted by atomic mass is 32.2. The number of nitrogens with one attached hydrogen (secondary N) is 1. The number of hydrogen-bond donors (Lipinski definition) is 1. The average Bonchev–Trinajstić information content (AvgIpc) is 2.89. The minimum atomic E-state index is -4.26. The third-order valence-electron chi connectivity index (χ3n) is 6.15. The molecule has 0 aliphatic rings. The third kappa shape index (κ3) is 8.05. The molecule has 0 aliphatic heterocycles. The molecule has 214 valence electrons. The Bertz CT molecular complexity index is 1440. The molecule has 10 heteroatoms. The zero-order valence-electron chi connectivity index (χ0n) is 23.5. The van der Waals surface area contributed by atoms with Gasteiger partial charge in [-0.3, -0.25) is 9.59 Å². The SMILES string of the molecule is CCN(CC)c1ccc(CN(CC(C)C)C(=O)c2cccc(F)c2)c(OS(=O)(=O)c2ccc(NC(C)=O)cc2)c1. The third-order valence-corrected chi connectivity index (χ3v) is 7.40. The fourth-order valence-corrected chi connectivity index (χ4v) is 5.24. The van der Waals surface area contributed by atoms with E-state index in [1.165, 1.54) is 49.4 Å². The van der Waals surface area contributed by atoms with Crippen LogP contribution in [0.5, 0.6) is 5.75 Å². The molecule has 2 amide bonds. The lowest BCUT2D eigenvalue weighted by Gasteiger charge is -2.27. The molecule has 0 saturated heterocycles. The normalized spacial score (nSPS) is 11.3. The Hall–Kier alpha value is -3.92. The summed E-state index contributed by atoms with van der Waals surface area (Å²) in [5.41, 5.74) is 1.91. The zero-order chi connectivity index (χ0) is 29.4. The molecule has 0 bridgehead atoms. The molecule has 40 heavy (non-hydrogen) atoms. The first-order chi connectivity index (χ1) is 18.9.